The Morgan fingerprint density at radius 1 is 1.39 bits per heavy atom. The smallest absolute Gasteiger partial charge is 0.220 e. The molecule has 0 radical (unpaired) electrons. The fourth-order valence-electron chi connectivity index (χ4n) is 2.71. The molecule has 1 atom stereocenters. The lowest BCUT2D eigenvalue weighted by molar-refractivity contribution is -0.124. The van der Waals surface area contributed by atoms with Crippen LogP contribution >= 0.6 is 24.2 Å². The van der Waals surface area contributed by atoms with Gasteiger partial charge in [0, 0.05) is 18.2 Å². The van der Waals surface area contributed by atoms with E-state index in [0.717, 1.165) is 18.6 Å². The first-order valence-corrected chi connectivity index (χ1v) is 8.00. The van der Waals surface area contributed by atoms with Gasteiger partial charge in [0.25, 0.3) is 0 Å². The van der Waals surface area contributed by atoms with E-state index in [0.29, 0.717) is 13.0 Å². The molecule has 18 heavy (non-hydrogen) atoms. The van der Waals surface area contributed by atoms with Crippen LogP contribution in [0.15, 0.2) is 0 Å². The zero-order valence-electron chi connectivity index (χ0n) is 11.5. The van der Waals surface area contributed by atoms with Crippen LogP contribution in [-0.4, -0.2) is 30.5 Å². The van der Waals surface area contributed by atoms with E-state index >= 15 is 0 Å². The molecule has 0 aromatic carbocycles. The maximum Gasteiger partial charge on any atom is 0.220 e. The van der Waals surface area contributed by atoms with Gasteiger partial charge in [-0.25, -0.2) is 0 Å². The highest BCUT2D eigenvalue weighted by molar-refractivity contribution is 7.98. The quantitative estimate of drug-likeness (QED) is 0.792. The molecule has 0 aromatic rings. The Labute approximate surface area is 121 Å². The highest BCUT2D eigenvalue weighted by Crippen LogP contribution is 2.38. The summed E-state index contributed by atoms with van der Waals surface area (Å²) in [6, 6.07) is 0.260. The number of amides is 1. The predicted molar refractivity (Wildman–Crippen MR) is 82.4 cm³/mol. The summed E-state index contributed by atoms with van der Waals surface area (Å²) in [6.45, 7) is 2.71. The van der Waals surface area contributed by atoms with Gasteiger partial charge in [-0.15, -0.1) is 12.4 Å². The van der Waals surface area contributed by atoms with Crippen molar-refractivity contribution in [1.29, 1.82) is 0 Å². The SMILES string of the molecule is CSCC(C)NC(=O)CC1(CN)CCCCC1.Cl. The van der Waals surface area contributed by atoms with Gasteiger partial charge in [0.2, 0.25) is 5.91 Å². The summed E-state index contributed by atoms with van der Waals surface area (Å²) in [4.78, 5) is 12.0. The summed E-state index contributed by atoms with van der Waals surface area (Å²) in [7, 11) is 0. The average molecular weight is 295 g/mol. The maximum absolute atomic E-state index is 12.0. The summed E-state index contributed by atoms with van der Waals surface area (Å²) in [5.74, 6) is 1.15. The molecule has 3 N–H and O–H groups in total. The first-order chi connectivity index (χ1) is 8.12. The second kappa shape index (κ2) is 9.05. The Morgan fingerprint density at radius 3 is 2.50 bits per heavy atom. The Kier molecular flexibility index (Phi) is 9.09. The van der Waals surface area contributed by atoms with Crippen molar-refractivity contribution < 1.29 is 4.79 Å². The molecule has 0 spiro atoms. The Hall–Kier alpha value is 0.0700. The maximum atomic E-state index is 12.0. The summed E-state index contributed by atoms with van der Waals surface area (Å²) >= 11 is 1.76. The van der Waals surface area contributed by atoms with E-state index in [4.69, 9.17) is 5.73 Å². The minimum atomic E-state index is 0. The van der Waals surface area contributed by atoms with Crippen LogP contribution in [0, 0.1) is 5.41 Å². The molecule has 1 rings (SSSR count). The van der Waals surface area contributed by atoms with Crippen molar-refractivity contribution in [3.8, 4) is 0 Å². The van der Waals surface area contributed by atoms with E-state index in [2.05, 4.69) is 18.5 Å². The van der Waals surface area contributed by atoms with E-state index in [1.807, 2.05) is 0 Å². The molecule has 0 aromatic heterocycles. The molecule has 1 unspecified atom stereocenters. The number of nitrogens with two attached hydrogens (primary N) is 1. The van der Waals surface area contributed by atoms with Gasteiger partial charge < -0.3 is 11.1 Å². The van der Waals surface area contributed by atoms with Gasteiger partial charge >= 0.3 is 0 Å². The lowest BCUT2D eigenvalue weighted by atomic mass is 9.71. The van der Waals surface area contributed by atoms with Gasteiger partial charge in [-0.05, 0) is 38.0 Å². The molecule has 1 saturated carbocycles. The molecule has 1 aliphatic rings. The Morgan fingerprint density at radius 2 is 2.00 bits per heavy atom. The minimum Gasteiger partial charge on any atom is -0.353 e. The van der Waals surface area contributed by atoms with Crippen LogP contribution in [-0.2, 0) is 4.79 Å². The normalized spacial score (nSPS) is 19.7. The van der Waals surface area contributed by atoms with Crippen LogP contribution in [0.2, 0.25) is 0 Å². The second-order valence-corrected chi connectivity index (χ2v) is 6.28. The third-order valence-electron chi connectivity index (χ3n) is 3.71. The molecule has 3 nitrogen and oxygen atoms in total. The average Bonchev–Trinajstić information content (AvgIpc) is 2.30. The third-order valence-corrected chi connectivity index (χ3v) is 4.54. The minimum absolute atomic E-state index is 0. The zero-order valence-corrected chi connectivity index (χ0v) is 13.2. The standard InChI is InChI=1S/C13H26N2OS.ClH/c1-11(9-17-2)15-12(16)8-13(10-14)6-4-3-5-7-13;/h11H,3-10,14H2,1-2H3,(H,15,16);1H. The lowest BCUT2D eigenvalue weighted by Crippen LogP contribution is -2.41. The van der Waals surface area contributed by atoms with Crippen LogP contribution in [0.5, 0.6) is 0 Å². The van der Waals surface area contributed by atoms with Gasteiger partial charge in [0.05, 0.1) is 0 Å². The van der Waals surface area contributed by atoms with Crippen LogP contribution < -0.4 is 11.1 Å². The number of hydrogen-bond donors (Lipinski definition) is 2. The van der Waals surface area contributed by atoms with Crippen molar-refractivity contribution >= 4 is 30.1 Å². The molecular formula is C13H27ClN2OS. The molecule has 1 fully saturated rings. The van der Waals surface area contributed by atoms with E-state index in [9.17, 15) is 4.79 Å². The number of carbonyl (C=O) groups excluding carboxylic acids is 1. The molecule has 1 amide bonds. The van der Waals surface area contributed by atoms with Crippen molar-refractivity contribution in [2.24, 2.45) is 11.1 Å². The zero-order chi connectivity index (χ0) is 12.7. The number of carbonyl (C=O) groups is 1. The second-order valence-electron chi connectivity index (χ2n) is 5.37. The topological polar surface area (TPSA) is 55.1 Å². The van der Waals surface area contributed by atoms with Gasteiger partial charge in [-0.1, -0.05) is 19.3 Å². The number of thioether (sulfide) groups is 1. The van der Waals surface area contributed by atoms with Gasteiger partial charge in [0.1, 0.15) is 0 Å². The molecule has 0 aliphatic heterocycles. The Bertz CT molecular complexity index is 245. The van der Waals surface area contributed by atoms with E-state index in [1.54, 1.807) is 11.8 Å². The summed E-state index contributed by atoms with van der Waals surface area (Å²) in [6.07, 6.45) is 8.66. The number of hydrogen-bond acceptors (Lipinski definition) is 3. The highest BCUT2D eigenvalue weighted by Gasteiger charge is 2.33. The monoisotopic (exact) mass is 294 g/mol. The molecular weight excluding hydrogens is 268 g/mol. The first-order valence-electron chi connectivity index (χ1n) is 6.60. The Balaban J connectivity index is 0.00000289. The molecule has 5 heteroatoms. The molecule has 1 aliphatic carbocycles. The largest absolute Gasteiger partial charge is 0.353 e. The van der Waals surface area contributed by atoms with Gasteiger partial charge in [-0.2, -0.15) is 11.8 Å². The van der Waals surface area contributed by atoms with Crippen LogP contribution in [0.3, 0.4) is 0 Å². The third kappa shape index (κ3) is 5.81. The lowest BCUT2D eigenvalue weighted by Gasteiger charge is -2.36. The fraction of sp³-hybridized carbons (Fsp3) is 0.923. The van der Waals surface area contributed by atoms with Crippen LogP contribution in [0.1, 0.15) is 45.4 Å². The fourth-order valence-corrected chi connectivity index (χ4v) is 3.30. The van der Waals surface area contributed by atoms with Gasteiger partial charge in [0.15, 0.2) is 0 Å². The van der Waals surface area contributed by atoms with Crippen molar-refractivity contribution in [2.45, 2.75) is 51.5 Å². The molecule has 0 saturated heterocycles. The predicted octanol–water partition coefficient (Wildman–Crippen LogP) is 2.58. The number of nitrogens with one attached hydrogen (secondary N) is 1. The molecule has 108 valence electrons. The number of halogens is 1. The van der Waals surface area contributed by atoms with Crippen LogP contribution in [0.4, 0.5) is 0 Å². The first kappa shape index (κ1) is 18.1. The van der Waals surface area contributed by atoms with Crippen molar-refractivity contribution in [1.82, 2.24) is 5.32 Å². The van der Waals surface area contributed by atoms with Crippen molar-refractivity contribution in [3.05, 3.63) is 0 Å². The van der Waals surface area contributed by atoms with E-state index in [-0.39, 0.29) is 29.8 Å². The number of rotatable bonds is 6. The van der Waals surface area contributed by atoms with E-state index < -0.39 is 0 Å². The summed E-state index contributed by atoms with van der Waals surface area (Å²) < 4.78 is 0. The molecule has 0 bridgehead atoms. The van der Waals surface area contributed by atoms with Gasteiger partial charge in [-0.3, -0.25) is 4.79 Å². The summed E-state index contributed by atoms with van der Waals surface area (Å²) in [5.41, 5.74) is 5.98. The van der Waals surface area contributed by atoms with Crippen LogP contribution in [0.25, 0.3) is 0 Å². The van der Waals surface area contributed by atoms with E-state index in [1.165, 1.54) is 19.3 Å². The van der Waals surface area contributed by atoms with Crippen molar-refractivity contribution in [3.63, 3.8) is 0 Å². The highest BCUT2D eigenvalue weighted by atomic mass is 35.5. The van der Waals surface area contributed by atoms with Crippen molar-refractivity contribution in [2.75, 3.05) is 18.6 Å². The molecule has 0 heterocycles. The summed E-state index contributed by atoms with van der Waals surface area (Å²) in [5, 5.41) is 3.07.